The van der Waals surface area contributed by atoms with Crippen LogP contribution in [0.5, 0.6) is 23.0 Å². The minimum absolute atomic E-state index is 0.00448. The van der Waals surface area contributed by atoms with Crippen LogP contribution in [-0.2, 0) is 0 Å². The molecule has 0 bridgehead atoms. The first kappa shape index (κ1) is 46.9. The Morgan fingerprint density at radius 2 is 1.05 bits per heavy atom. The van der Waals surface area contributed by atoms with Crippen molar-refractivity contribution in [3.8, 4) is 45.5 Å². The second-order valence-electron chi connectivity index (χ2n) is 13.5. The predicted octanol–water partition coefficient (Wildman–Crippen LogP) is 9.38. The summed E-state index contributed by atoms with van der Waals surface area (Å²) < 4.78 is 49.2. The van der Waals surface area contributed by atoms with E-state index in [1.807, 2.05) is 11.4 Å². The van der Waals surface area contributed by atoms with E-state index in [0.717, 1.165) is 21.9 Å². The lowest BCUT2D eigenvalue weighted by Gasteiger charge is -2.10. The number of aromatic carboxylic acids is 1. The molecule has 0 saturated heterocycles. The molecule has 1 amide bonds. The van der Waals surface area contributed by atoms with Gasteiger partial charge in [0.15, 0.2) is 34.6 Å². The zero-order valence-electron chi connectivity index (χ0n) is 35.2. The van der Waals surface area contributed by atoms with E-state index in [1.54, 1.807) is 97.4 Å². The van der Waals surface area contributed by atoms with Crippen LogP contribution in [-0.4, -0.2) is 80.0 Å². The zero-order valence-corrected chi connectivity index (χ0v) is 36.9. The summed E-state index contributed by atoms with van der Waals surface area (Å²) in [6, 6.07) is 29.3. The highest BCUT2D eigenvalue weighted by Crippen LogP contribution is 2.36. The Morgan fingerprint density at radius 1 is 0.600 bits per heavy atom. The molecule has 0 aliphatic rings. The summed E-state index contributed by atoms with van der Waals surface area (Å²) in [5.41, 5.74) is 8.91. The number of carboxylic acid groups (broad SMARTS) is 1. The molecule has 0 aliphatic carbocycles. The van der Waals surface area contributed by atoms with E-state index in [1.165, 1.54) is 62.2 Å². The molecule has 8 rings (SSSR count). The van der Waals surface area contributed by atoms with Crippen LogP contribution >= 0.6 is 22.7 Å². The first-order valence-corrected chi connectivity index (χ1v) is 21.1. The number of amides is 1. The molecule has 0 saturated carbocycles. The van der Waals surface area contributed by atoms with Gasteiger partial charge in [-0.05, 0) is 72.8 Å². The number of ether oxygens (including phenoxy) is 4. The third-order valence-electron chi connectivity index (χ3n) is 9.61. The summed E-state index contributed by atoms with van der Waals surface area (Å²) in [6.45, 7) is -0.206. The van der Waals surface area contributed by atoms with Gasteiger partial charge in [0.05, 0.1) is 62.3 Å². The lowest BCUT2D eigenvalue weighted by atomic mass is 10.1. The fourth-order valence-corrected chi connectivity index (χ4v) is 8.28. The first-order chi connectivity index (χ1) is 31.4. The largest absolute Gasteiger partial charge is 0.493 e. The third kappa shape index (κ3) is 11.0. The van der Waals surface area contributed by atoms with Crippen molar-refractivity contribution in [3.05, 3.63) is 154 Å². The van der Waals surface area contributed by atoms with Crippen molar-refractivity contribution in [1.82, 2.24) is 15.3 Å². The van der Waals surface area contributed by atoms with Crippen LogP contribution in [0.1, 0.15) is 41.7 Å². The molecule has 4 N–H and O–H groups in total. The number of aromatic nitrogens is 2. The van der Waals surface area contributed by atoms with E-state index in [9.17, 15) is 28.0 Å². The number of methoxy groups -OCH3 is 4. The normalized spacial score (nSPS) is 10.5. The molecule has 4 aromatic carbocycles. The van der Waals surface area contributed by atoms with Gasteiger partial charge in [0, 0.05) is 43.8 Å². The van der Waals surface area contributed by atoms with Gasteiger partial charge in [0.25, 0.3) is 5.91 Å². The van der Waals surface area contributed by atoms with E-state index in [4.69, 9.17) is 29.8 Å². The van der Waals surface area contributed by atoms with Gasteiger partial charge in [-0.25, -0.2) is 23.5 Å². The van der Waals surface area contributed by atoms with Crippen LogP contribution in [0.2, 0.25) is 0 Å². The summed E-state index contributed by atoms with van der Waals surface area (Å²) in [7, 11) is 6.06. The SMILES string of the molecule is COc1ccc(C(=O)CN)cc1OC.COc1ccc(C(=O)CNC(=O)c2cccc(-c3csc4c(F)cccc34)n2)cc1OC.O=C(O)c1cccc(-c2csc3c(F)cccc23)n1. The first-order valence-electron chi connectivity index (χ1n) is 19.4. The van der Waals surface area contributed by atoms with Crippen molar-refractivity contribution in [3.63, 3.8) is 0 Å². The van der Waals surface area contributed by atoms with Gasteiger partial charge in [-0.2, -0.15) is 0 Å². The molecule has 0 atom stereocenters. The molecule has 0 unspecified atom stereocenters. The Balaban J connectivity index is 0.000000179. The number of fused-ring (bicyclic) bond motifs is 2. The smallest absolute Gasteiger partial charge is 0.354 e. The Kier molecular flexibility index (Phi) is 15.6. The summed E-state index contributed by atoms with van der Waals surface area (Å²) in [5, 5.41) is 16.6. The van der Waals surface area contributed by atoms with Gasteiger partial charge < -0.3 is 35.1 Å². The monoisotopic (exact) mass is 918 g/mol. The fourth-order valence-electron chi connectivity index (χ4n) is 6.35. The number of Topliss-reactive ketones (excluding diaryl/α,β-unsaturated/α-hetero) is 2. The van der Waals surface area contributed by atoms with Gasteiger partial charge in [0.1, 0.15) is 23.0 Å². The summed E-state index contributed by atoms with van der Waals surface area (Å²) >= 11 is 2.57. The molecule has 65 heavy (non-hydrogen) atoms. The third-order valence-corrected chi connectivity index (χ3v) is 11.6. The molecule has 0 spiro atoms. The highest BCUT2D eigenvalue weighted by atomic mass is 32.1. The Bertz CT molecular complexity index is 3030. The van der Waals surface area contributed by atoms with Crippen LogP contribution in [0.15, 0.2) is 120 Å². The number of carbonyl (C=O) groups excluding carboxylic acids is 3. The van der Waals surface area contributed by atoms with E-state index in [2.05, 4.69) is 15.3 Å². The maximum atomic E-state index is 14.0. The number of thiophene rings is 2. The number of halogens is 2. The highest BCUT2D eigenvalue weighted by Gasteiger charge is 2.17. The number of nitrogens with zero attached hydrogens (tertiary/aromatic N) is 2. The average molecular weight is 919 g/mol. The number of hydrogen-bond donors (Lipinski definition) is 3. The topological polar surface area (TPSA) is 189 Å². The maximum Gasteiger partial charge on any atom is 0.354 e. The van der Waals surface area contributed by atoms with E-state index >= 15 is 0 Å². The van der Waals surface area contributed by atoms with Gasteiger partial charge in [-0.3, -0.25) is 14.4 Å². The molecular weight excluding hydrogens is 879 g/mol. The number of nitrogens with two attached hydrogens (primary N) is 1. The molecule has 0 fully saturated rings. The van der Waals surface area contributed by atoms with E-state index < -0.39 is 11.9 Å². The van der Waals surface area contributed by atoms with E-state index in [0.29, 0.717) is 54.9 Å². The number of nitrogens with one attached hydrogen (secondary N) is 1. The molecule has 4 heterocycles. The van der Waals surface area contributed by atoms with E-state index in [-0.39, 0.29) is 47.7 Å². The maximum absolute atomic E-state index is 14.0. The second-order valence-corrected chi connectivity index (χ2v) is 15.3. The fraction of sp³-hybridized carbons (Fsp3) is 0.125. The summed E-state index contributed by atoms with van der Waals surface area (Å²) in [5.74, 6) is -0.453. The predicted molar refractivity (Wildman–Crippen MR) is 246 cm³/mol. The molecule has 332 valence electrons. The number of carboxylic acids is 1. The van der Waals surface area contributed by atoms with Crippen LogP contribution in [0.25, 0.3) is 42.7 Å². The van der Waals surface area contributed by atoms with Crippen molar-refractivity contribution in [2.45, 2.75) is 0 Å². The van der Waals surface area contributed by atoms with Crippen LogP contribution in [0, 0.1) is 11.6 Å². The molecule has 17 heteroatoms. The summed E-state index contributed by atoms with van der Waals surface area (Å²) in [6.07, 6.45) is 0. The lowest BCUT2D eigenvalue weighted by molar-refractivity contribution is 0.0690. The van der Waals surface area contributed by atoms with Crippen LogP contribution in [0.3, 0.4) is 0 Å². The van der Waals surface area contributed by atoms with Gasteiger partial charge in [0.2, 0.25) is 0 Å². The zero-order chi connectivity index (χ0) is 46.6. The van der Waals surface area contributed by atoms with Crippen LogP contribution < -0.4 is 30.0 Å². The van der Waals surface area contributed by atoms with Crippen molar-refractivity contribution in [1.29, 1.82) is 0 Å². The highest BCUT2D eigenvalue weighted by molar-refractivity contribution is 7.18. The van der Waals surface area contributed by atoms with Crippen molar-refractivity contribution >= 4 is 66.3 Å². The summed E-state index contributed by atoms with van der Waals surface area (Å²) in [4.78, 5) is 55.8. The number of benzene rings is 4. The van der Waals surface area contributed by atoms with Gasteiger partial charge >= 0.3 is 5.97 Å². The Hall–Kier alpha value is -7.60. The molecular formula is C48H40F2N4O9S2. The Labute approximate surface area is 379 Å². The van der Waals surface area contributed by atoms with Crippen LogP contribution in [0.4, 0.5) is 8.78 Å². The molecule has 8 aromatic rings. The van der Waals surface area contributed by atoms with Gasteiger partial charge in [-0.1, -0.05) is 36.4 Å². The Morgan fingerprint density at radius 3 is 1.51 bits per heavy atom. The number of hydrogen-bond acceptors (Lipinski definition) is 13. The van der Waals surface area contributed by atoms with Crippen molar-refractivity contribution < 1.29 is 52.0 Å². The average Bonchev–Trinajstić information content (AvgIpc) is 3.99. The lowest BCUT2D eigenvalue weighted by Crippen LogP contribution is -2.30. The number of ketones is 2. The van der Waals surface area contributed by atoms with Gasteiger partial charge in [-0.15, -0.1) is 22.7 Å². The minimum atomic E-state index is -1.08. The number of pyridine rings is 2. The molecule has 0 radical (unpaired) electrons. The molecule has 4 aromatic heterocycles. The number of carbonyl (C=O) groups is 4. The minimum Gasteiger partial charge on any atom is -0.493 e. The number of rotatable bonds is 13. The standard InChI is InChI=1S/C24H19FN2O4S.C14H8FNO2S.C10H13NO3/c1-30-21-10-9-14(11-22(21)31-2)20(28)12-26-24(29)19-8-4-7-18(27-19)16-13-32-23-15(16)5-3-6-17(23)25;15-10-4-1-3-8-9(7-19-13(8)10)11-5-2-6-12(16-11)14(17)18;1-13-9-4-3-7(8(12)6-11)5-10(9)14-2/h3-11,13H,12H2,1-2H3,(H,26,29);1-7H,(H,17,18);3-5H,6,11H2,1-2H3. The quantitative estimate of drug-likeness (QED) is 0.0931. The molecule has 0 aliphatic heterocycles. The van der Waals surface area contributed by atoms with Crippen molar-refractivity contribution in [2.24, 2.45) is 5.73 Å². The molecule has 13 nitrogen and oxygen atoms in total. The second kappa shape index (κ2) is 21.7. The van der Waals surface area contributed by atoms with Crippen molar-refractivity contribution in [2.75, 3.05) is 41.5 Å².